The van der Waals surface area contributed by atoms with Crippen molar-refractivity contribution in [1.82, 2.24) is 0 Å². The largest absolute Gasteiger partial charge is 0.508 e. The van der Waals surface area contributed by atoms with E-state index in [9.17, 15) is 20.1 Å². The number of aliphatic carboxylic acids is 1. The SMILES string of the molecule is CC(N)(Cc1ccc(O)c(O)c1)C(=O)O.Oc1ccc(C=Cc2cc(O)cc(O)c2)cc1. The van der Waals surface area contributed by atoms with E-state index in [1.54, 1.807) is 42.5 Å². The number of carboxylic acid groups (broad SMARTS) is 1. The number of nitrogens with two attached hydrogens (primary N) is 1. The first-order chi connectivity index (χ1) is 15.0. The molecule has 3 aromatic rings. The zero-order valence-electron chi connectivity index (χ0n) is 17.3. The van der Waals surface area contributed by atoms with E-state index in [1.807, 2.05) is 6.08 Å². The average Bonchev–Trinajstić information content (AvgIpc) is 2.70. The lowest BCUT2D eigenvalue weighted by molar-refractivity contribution is -0.142. The van der Waals surface area contributed by atoms with Gasteiger partial charge in [-0.2, -0.15) is 0 Å². The maximum absolute atomic E-state index is 10.7. The van der Waals surface area contributed by atoms with Crippen LogP contribution in [0, 0.1) is 0 Å². The number of benzene rings is 3. The summed E-state index contributed by atoms with van der Waals surface area (Å²) in [5.41, 5.74) is 6.33. The van der Waals surface area contributed by atoms with Crippen LogP contribution in [0.3, 0.4) is 0 Å². The molecule has 0 amide bonds. The molecule has 0 saturated carbocycles. The van der Waals surface area contributed by atoms with Crippen molar-refractivity contribution in [3.63, 3.8) is 0 Å². The molecule has 0 aliphatic heterocycles. The molecule has 0 spiro atoms. The van der Waals surface area contributed by atoms with Gasteiger partial charge in [0.15, 0.2) is 11.5 Å². The second kappa shape index (κ2) is 10.2. The lowest BCUT2D eigenvalue weighted by atomic mass is 9.94. The molecule has 0 aromatic heterocycles. The monoisotopic (exact) mass is 439 g/mol. The van der Waals surface area contributed by atoms with Crippen molar-refractivity contribution in [2.75, 3.05) is 0 Å². The van der Waals surface area contributed by atoms with Crippen LogP contribution in [0.2, 0.25) is 0 Å². The van der Waals surface area contributed by atoms with E-state index in [0.29, 0.717) is 11.1 Å². The van der Waals surface area contributed by atoms with Crippen molar-refractivity contribution in [2.45, 2.75) is 18.9 Å². The molecule has 168 valence electrons. The van der Waals surface area contributed by atoms with Gasteiger partial charge in [-0.25, -0.2) is 0 Å². The highest BCUT2D eigenvalue weighted by atomic mass is 16.4. The number of carboxylic acids is 1. The third-order valence-electron chi connectivity index (χ3n) is 4.39. The van der Waals surface area contributed by atoms with Crippen LogP contribution in [0.1, 0.15) is 23.6 Å². The average molecular weight is 439 g/mol. The van der Waals surface area contributed by atoms with Gasteiger partial charge in [0, 0.05) is 12.5 Å². The summed E-state index contributed by atoms with van der Waals surface area (Å²) >= 11 is 0. The summed E-state index contributed by atoms with van der Waals surface area (Å²) < 4.78 is 0. The maximum Gasteiger partial charge on any atom is 0.323 e. The van der Waals surface area contributed by atoms with E-state index in [-0.39, 0.29) is 35.2 Å². The van der Waals surface area contributed by atoms with Crippen LogP contribution < -0.4 is 5.73 Å². The minimum absolute atomic E-state index is 0.0235. The van der Waals surface area contributed by atoms with Crippen molar-refractivity contribution < 1.29 is 35.4 Å². The van der Waals surface area contributed by atoms with E-state index >= 15 is 0 Å². The highest BCUT2D eigenvalue weighted by Gasteiger charge is 2.28. The van der Waals surface area contributed by atoms with Gasteiger partial charge in [-0.05, 0) is 60.0 Å². The van der Waals surface area contributed by atoms with Gasteiger partial charge in [-0.15, -0.1) is 0 Å². The van der Waals surface area contributed by atoms with Crippen molar-refractivity contribution in [3.8, 4) is 28.7 Å². The van der Waals surface area contributed by atoms with Crippen LogP contribution in [-0.4, -0.2) is 42.1 Å². The van der Waals surface area contributed by atoms with Crippen LogP contribution in [0.4, 0.5) is 0 Å². The topological polar surface area (TPSA) is 164 Å². The summed E-state index contributed by atoms with van der Waals surface area (Å²) in [7, 11) is 0. The molecule has 1 atom stereocenters. The van der Waals surface area contributed by atoms with Crippen molar-refractivity contribution in [2.24, 2.45) is 5.73 Å². The van der Waals surface area contributed by atoms with Gasteiger partial charge in [0.05, 0.1) is 0 Å². The smallest absolute Gasteiger partial charge is 0.323 e. The first-order valence-corrected chi connectivity index (χ1v) is 9.49. The third-order valence-corrected chi connectivity index (χ3v) is 4.39. The third kappa shape index (κ3) is 7.26. The Bertz CT molecular complexity index is 1090. The summed E-state index contributed by atoms with van der Waals surface area (Å²) in [6.45, 7) is 1.39. The number of phenols is 5. The molecule has 3 aromatic carbocycles. The standard InChI is InChI=1S/C14H12O3.C10H13NO4/c15-12-5-3-10(4-6-12)1-2-11-7-13(16)9-14(17)8-11;1-10(11,9(14)15)5-6-2-3-7(12)8(13)4-6/h1-9,15-17H;2-4,12-13H,5,11H2,1H3,(H,14,15). The fourth-order valence-electron chi connectivity index (χ4n) is 2.67. The Morgan fingerprint density at radius 3 is 1.88 bits per heavy atom. The molecule has 0 radical (unpaired) electrons. The molecular weight excluding hydrogens is 414 g/mol. The first kappa shape index (κ1) is 24.1. The summed E-state index contributed by atoms with van der Waals surface area (Å²) in [5.74, 6) is -1.38. The zero-order valence-corrected chi connectivity index (χ0v) is 17.3. The van der Waals surface area contributed by atoms with E-state index < -0.39 is 11.5 Å². The fraction of sp³-hybridized carbons (Fsp3) is 0.125. The molecule has 0 aliphatic rings. The number of phenolic OH excluding ortho intramolecular Hbond substituents is 5. The summed E-state index contributed by atoms with van der Waals surface area (Å²) in [5, 5.41) is 54.8. The summed E-state index contributed by atoms with van der Waals surface area (Å²) in [6.07, 6.45) is 3.68. The van der Waals surface area contributed by atoms with Gasteiger partial charge in [0.1, 0.15) is 22.8 Å². The van der Waals surface area contributed by atoms with E-state index in [2.05, 4.69) is 0 Å². The number of carbonyl (C=O) groups is 1. The molecule has 0 saturated heterocycles. The Hall–Kier alpha value is -4.17. The van der Waals surface area contributed by atoms with E-state index in [4.69, 9.17) is 21.1 Å². The normalized spacial score (nSPS) is 12.6. The summed E-state index contributed by atoms with van der Waals surface area (Å²) in [4.78, 5) is 10.7. The number of hydrogen-bond acceptors (Lipinski definition) is 7. The molecule has 8 nitrogen and oxygen atoms in total. The molecule has 8 heteroatoms. The molecule has 8 N–H and O–H groups in total. The Balaban J connectivity index is 0.000000229. The van der Waals surface area contributed by atoms with Crippen molar-refractivity contribution in [1.29, 1.82) is 0 Å². The number of aromatic hydroxyl groups is 5. The quantitative estimate of drug-likeness (QED) is 0.235. The zero-order chi connectivity index (χ0) is 23.9. The van der Waals surface area contributed by atoms with E-state index in [0.717, 1.165) is 5.56 Å². The fourth-order valence-corrected chi connectivity index (χ4v) is 2.67. The Labute approximate surface area is 184 Å². The Kier molecular flexibility index (Phi) is 7.71. The molecule has 0 fully saturated rings. The minimum Gasteiger partial charge on any atom is -0.508 e. The lowest BCUT2D eigenvalue weighted by Crippen LogP contribution is -2.46. The van der Waals surface area contributed by atoms with Gasteiger partial charge in [0.25, 0.3) is 0 Å². The van der Waals surface area contributed by atoms with Crippen LogP contribution in [0.15, 0.2) is 60.7 Å². The second-order valence-electron chi connectivity index (χ2n) is 7.43. The molecule has 32 heavy (non-hydrogen) atoms. The molecule has 3 rings (SSSR count). The highest BCUT2D eigenvalue weighted by molar-refractivity contribution is 5.78. The Morgan fingerprint density at radius 1 is 0.781 bits per heavy atom. The van der Waals surface area contributed by atoms with Crippen LogP contribution in [0.5, 0.6) is 28.7 Å². The van der Waals surface area contributed by atoms with Crippen molar-refractivity contribution in [3.05, 3.63) is 77.4 Å². The molecule has 0 bridgehead atoms. The van der Waals surface area contributed by atoms with Crippen LogP contribution in [0.25, 0.3) is 12.2 Å². The predicted molar refractivity (Wildman–Crippen MR) is 121 cm³/mol. The van der Waals surface area contributed by atoms with Gasteiger partial charge in [0.2, 0.25) is 0 Å². The number of hydrogen-bond donors (Lipinski definition) is 7. The van der Waals surface area contributed by atoms with Crippen LogP contribution in [-0.2, 0) is 11.2 Å². The highest BCUT2D eigenvalue weighted by Crippen LogP contribution is 2.26. The molecule has 1 unspecified atom stereocenters. The number of rotatable bonds is 5. The predicted octanol–water partition coefficient (Wildman–Crippen LogP) is 3.42. The first-order valence-electron chi connectivity index (χ1n) is 9.49. The molecule has 0 heterocycles. The summed E-state index contributed by atoms with van der Waals surface area (Å²) in [6, 6.07) is 15.2. The van der Waals surface area contributed by atoms with Crippen LogP contribution >= 0.6 is 0 Å². The van der Waals surface area contributed by atoms with Gasteiger partial charge in [-0.1, -0.05) is 30.4 Å². The van der Waals surface area contributed by atoms with Crippen molar-refractivity contribution >= 4 is 18.1 Å². The lowest BCUT2D eigenvalue weighted by Gasteiger charge is -2.19. The van der Waals surface area contributed by atoms with Gasteiger partial charge >= 0.3 is 5.97 Å². The van der Waals surface area contributed by atoms with Gasteiger partial charge < -0.3 is 36.4 Å². The van der Waals surface area contributed by atoms with Gasteiger partial charge in [-0.3, -0.25) is 4.79 Å². The minimum atomic E-state index is -1.39. The Morgan fingerprint density at radius 2 is 1.34 bits per heavy atom. The molecule has 0 aliphatic carbocycles. The molecular formula is C24H25NO7. The van der Waals surface area contributed by atoms with E-state index in [1.165, 1.54) is 31.2 Å². The second-order valence-corrected chi connectivity index (χ2v) is 7.43. The maximum atomic E-state index is 10.7.